The molecule has 0 saturated heterocycles. The smallest absolute Gasteiger partial charge is 0.360 e. The number of nitrogens with zero attached hydrogens (tertiary/aromatic N) is 2. The Bertz CT molecular complexity index is 569. The number of hydrogen-bond donors (Lipinski definition) is 1. The fourth-order valence-corrected chi connectivity index (χ4v) is 2.37. The van der Waals surface area contributed by atoms with Gasteiger partial charge in [0, 0.05) is 6.20 Å². The van der Waals surface area contributed by atoms with E-state index in [2.05, 4.69) is 9.84 Å². The van der Waals surface area contributed by atoms with E-state index >= 15 is 0 Å². The SMILES string of the molecule is COC(=O)c1nn(CCS(=O)(=O)C(C)(C)C)cc1N. The van der Waals surface area contributed by atoms with Crippen molar-refractivity contribution in [1.29, 1.82) is 0 Å². The molecule has 0 aliphatic rings. The number of nitrogens with two attached hydrogens (primary N) is 1. The maximum Gasteiger partial charge on any atom is 0.360 e. The van der Waals surface area contributed by atoms with E-state index in [0.29, 0.717) is 0 Å². The summed E-state index contributed by atoms with van der Waals surface area (Å²) in [6.45, 7) is 5.06. The van der Waals surface area contributed by atoms with Gasteiger partial charge in [0.1, 0.15) is 0 Å². The van der Waals surface area contributed by atoms with E-state index in [1.165, 1.54) is 18.0 Å². The molecule has 1 heterocycles. The quantitative estimate of drug-likeness (QED) is 0.808. The number of hydrogen-bond acceptors (Lipinski definition) is 6. The minimum Gasteiger partial charge on any atom is -0.464 e. The van der Waals surface area contributed by atoms with Crippen LogP contribution in [0.1, 0.15) is 31.3 Å². The van der Waals surface area contributed by atoms with Crippen LogP contribution in [0.3, 0.4) is 0 Å². The number of ether oxygens (including phenoxy) is 1. The number of carbonyl (C=O) groups is 1. The summed E-state index contributed by atoms with van der Waals surface area (Å²) in [6.07, 6.45) is 1.42. The number of carbonyl (C=O) groups excluding carboxylic acids is 1. The maximum absolute atomic E-state index is 11.9. The van der Waals surface area contributed by atoms with Crippen LogP contribution in [0, 0.1) is 0 Å². The molecule has 8 heteroatoms. The Hall–Kier alpha value is -1.57. The van der Waals surface area contributed by atoms with Crippen LogP contribution in [-0.2, 0) is 21.1 Å². The maximum atomic E-state index is 11.9. The molecular formula is C11H19N3O4S. The van der Waals surface area contributed by atoms with Crippen molar-refractivity contribution in [2.24, 2.45) is 0 Å². The van der Waals surface area contributed by atoms with Gasteiger partial charge in [-0.05, 0) is 20.8 Å². The summed E-state index contributed by atoms with van der Waals surface area (Å²) in [5.74, 6) is -0.715. The molecule has 0 saturated carbocycles. The van der Waals surface area contributed by atoms with Crippen molar-refractivity contribution in [3.63, 3.8) is 0 Å². The Kier molecular flexibility index (Phi) is 4.24. The standard InChI is InChI=1S/C11H19N3O4S/c1-11(2,3)19(16,17)6-5-14-7-8(12)9(13-14)10(15)18-4/h7H,5-6,12H2,1-4H3. The number of anilines is 1. The van der Waals surface area contributed by atoms with E-state index in [4.69, 9.17) is 5.73 Å². The molecule has 0 aromatic carbocycles. The fraction of sp³-hybridized carbons (Fsp3) is 0.636. The molecule has 0 amide bonds. The molecule has 2 N–H and O–H groups in total. The summed E-state index contributed by atoms with van der Waals surface area (Å²) >= 11 is 0. The highest BCUT2D eigenvalue weighted by Crippen LogP contribution is 2.17. The minimum atomic E-state index is -3.24. The van der Waals surface area contributed by atoms with Crippen LogP contribution in [-0.4, -0.2) is 41.8 Å². The highest BCUT2D eigenvalue weighted by atomic mass is 32.2. The Morgan fingerprint density at radius 1 is 1.47 bits per heavy atom. The van der Waals surface area contributed by atoms with Crippen molar-refractivity contribution in [3.05, 3.63) is 11.9 Å². The highest BCUT2D eigenvalue weighted by Gasteiger charge is 2.28. The fourth-order valence-electron chi connectivity index (χ4n) is 1.33. The van der Waals surface area contributed by atoms with Crippen LogP contribution in [0.5, 0.6) is 0 Å². The second kappa shape index (κ2) is 5.20. The molecule has 0 aliphatic carbocycles. The number of nitrogen functional groups attached to an aromatic ring is 1. The summed E-state index contributed by atoms with van der Waals surface area (Å²) in [6, 6.07) is 0. The Morgan fingerprint density at radius 3 is 2.53 bits per heavy atom. The lowest BCUT2D eigenvalue weighted by Crippen LogP contribution is -2.32. The lowest BCUT2D eigenvalue weighted by Gasteiger charge is -2.18. The molecule has 108 valence electrons. The van der Waals surface area contributed by atoms with Crippen molar-refractivity contribution in [2.75, 3.05) is 18.6 Å². The van der Waals surface area contributed by atoms with Gasteiger partial charge in [0.2, 0.25) is 0 Å². The molecule has 1 rings (SSSR count). The molecule has 0 atom stereocenters. The number of rotatable bonds is 4. The van der Waals surface area contributed by atoms with Crippen molar-refractivity contribution < 1.29 is 17.9 Å². The van der Waals surface area contributed by atoms with E-state index in [1.807, 2.05) is 0 Å². The first-order chi connectivity index (χ1) is 8.58. The van der Waals surface area contributed by atoms with Gasteiger partial charge in [0.05, 0.1) is 29.8 Å². The van der Waals surface area contributed by atoms with Crippen LogP contribution < -0.4 is 5.73 Å². The zero-order valence-corrected chi connectivity index (χ0v) is 12.3. The number of esters is 1. The molecule has 0 bridgehead atoms. The first-order valence-electron chi connectivity index (χ1n) is 5.72. The molecule has 0 unspecified atom stereocenters. The average molecular weight is 289 g/mol. The van der Waals surface area contributed by atoms with Gasteiger partial charge in [0.15, 0.2) is 15.5 Å². The number of methoxy groups -OCH3 is 1. The molecule has 0 fully saturated rings. The van der Waals surface area contributed by atoms with E-state index in [0.717, 1.165) is 0 Å². The largest absolute Gasteiger partial charge is 0.464 e. The van der Waals surface area contributed by atoms with Crippen molar-refractivity contribution >= 4 is 21.5 Å². The molecule has 19 heavy (non-hydrogen) atoms. The zero-order chi connectivity index (χ0) is 14.8. The minimum absolute atomic E-state index is 0.00402. The summed E-state index contributed by atoms with van der Waals surface area (Å²) in [7, 11) is -2.02. The second-order valence-electron chi connectivity index (χ2n) is 5.12. The van der Waals surface area contributed by atoms with Crippen molar-refractivity contribution in [2.45, 2.75) is 32.1 Å². The van der Waals surface area contributed by atoms with Crippen LogP contribution in [0.15, 0.2) is 6.20 Å². The molecule has 0 spiro atoms. The van der Waals surface area contributed by atoms with Crippen LogP contribution in [0.4, 0.5) is 5.69 Å². The zero-order valence-electron chi connectivity index (χ0n) is 11.5. The summed E-state index contributed by atoms with van der Waals surface area (Å²) in [5, 5.41) is 3.92. The Labute approximate surface area is 112 Å². The van der Waals surface area contributed by atoms with Gasteiger partial charge in [-0.25, -0.2) is 13.2 Å². The van der Waals surface area contributed by atoms with Gasteiger partial charge in [-0.3, -0.25) is 4.68 Å². The molecule has 1 aromatic rings. The van der Waals surface area contributed by atoms with Crippen LogP contribution in [0.25, 0.3) is 0 Å². The van der Waals surface area contributed by atoms with Crippen LogP contribution in [0.2, 0.25) is 0 Å². The first-order valence-corrected chi connectivity index (χ1v) is 7.37. The van der Waals surface area contributed by atoms with Gasteiger partial charge in [0.25, 0.3) is 0 Å². The predicted octanol–water partition coefficient (Wildman–Crippen LogP) is 0.465. The normalized spacial score (nSPS) is 12.4. The topological polar surface area (TPSA) is 104 Å². The summed E-state index contributed by atoms with van der Waals surface area (Å²) in [5.41, 5.74) is 5.77. The molecule has 1 aromatic heterocycles. The predicted molar refractivity (Wildman–Crippen MR) is 71.5 cm³/mol. The Morgan fingerprint density at radius 2 is 2.05 bits per heavy atom. The first kappa shape index (κ1) is 15.5. The van der Waals surface area contributed by atoms with E-state index in [1.54, 1.807) is 20.8 Å². The molecule has 0 aliphatic heterocycles. The van der Waals surface area contributed by atoms with Crippen LogP contribution >= 0.6 is 0 Å². The Balaban J connectivity index is 2.84. The summed E-state index contributed by atoms with van der Waals surface area (Å²) in [4.78, 5) is 11.3. The lowest BCUT2D eigenvalue weighted by molar-refractivity contribution is 0.0594. The molecule has 0 radical (unpaired) electrons. The van der Waals surface area contributed by atoms with E-state index in [9.17, 15) is 13.2 Å². The van der Waals surface area contributed by atoms with Gasteiger partial charge in [-0.15, -0.1) is 0 Å². The van der Waals surface area contributed by atoms with Gasteiger partial charge >= 0.3 is 5.97 Å². The summed E-state index contributed by atoms with van der Waals surface area (Å²) < 4.78 is 28.9. The third-order valence-electron chi connectivity index (χ3n) is 2.69. The van der Waals surface area contributed by atoms with E-state index < -0.39 is 20.6 Å². The van der Waals surface area contributed by atoms with Gasteiger partial charge in [-0.2, -0.15) is 5.10 Å². The highest BCUT2D eigenvalue weighted by molar-refractivity contribution is 7.92. The average Bonchev–Trinajstić information content (AvgIpc) is 2.65. The van der Waals surface area contributed by atoms with E-state index in [-0.39, 0.29) is 23.7 Å². The second-order valence-corrected chi connectivity index (χ2v) is 7.98. The third-order valence-corrected chi connectivity index (χ3v) is 5.28. The van der Waals surface area contributed by atoms with Gasteiger partial charge < -0.3 is 10.5 Å². The molecular weight excluding hydrogens is 270 g/mol. The monoisotopic (exact) mass is 289 g/mol. The third kappa shape index (κ3) is 3.46. The van der Waals surface area contributed by atoms with Crippen molar-refractivity contribution in [3.8, 4) is 0 Å². The number of aromatic nitrogens is 2. The van der Waals surface area contributed by atoms with Gasteiger partial charge in [-0.1, -0.05) is 0 Å². The molecule has 7 nitrogen and oxygen atoms in total. The van der Waals surface area contributed by atoms with Crippen molar-refractivity contribution in [1.82, 2.24) is 9.78 Å². The number of sulfone groups is 1. The number of aryl methyl sites for hydroxylation is 1. The lowest BCUT2D eigenvalue weighted by atomic mass is 10.3.